The highest BCUT2D eigenvalue weighted by Gasteiger charge is 2.18. The lowest BCUT2D eigenvalue weighted by Crippen LogP contribution is -2.22. The molecular formula is C18H17N3O3. The van der Waals surface area contributed by atoms with Crippen LogP contribution in [-0.4, -0.2) is 22.1 Å². The smallest absolute Gasteiger partial charge is 0.343 e. The van der Waals surface area contributed by atoms with Crippen molar-refractivity contribution in [1.82, 2.24) is 9.55 Å². The monoisotopic (exact) mass is 323 g/mol. The number of nitrogens with zero attached hydrogens (tertiary/aromatic N) is 2. The van der Waals surface area contributed by atoms with Gasteiger partial charge >= 0.3 is 5.97 Å². The van der Waals surface area contributed by atoms with E-state index >= 15 is 0 Å². The number of ether oxygens (including phenoxy) is 1. The first-order valence-electron chi connectivity index (χ1n) is 7.59. The number of carbonyl (C=O) groups excluding carboxylic acids is 1. The molecule has 2 heterocycles. The quantitative estimate of drug-likeness (QED) is 0.587. The number of anilines is 1. The fraction of sp³-hybridized carbons (Fsp3) is 0.167. The first-order valence-corrected chi connectivity index (χ1v) is 7.59. The van der Waals surface area contributed by atoms with Crippen LogP contribution >= 0.6 is 0 Å². The Morgan fingerprint density at radius 3 is 2.71 bits per heavy atom. The maximum absolute atomic E-state index is 12.7. The highest BCUT2D eigenvalue weighted by Crippen LogP contribution is 2.19. The van der Waals surface area contributed by atoms with Crippen LogP contribution < -0.4 is 11.2 Å². The molecule has 6 nitrogen and oxygen atoms in total. The summed E-state index contributed by atoms with van der Waals surface area (Å²) in [6, 6.07) is 8.99. The topological polar surface area (TPSA) is 87.2 Å². The standard InChI is InChI=1S/C18H17N3O3/c1-2-24-18(23)13-11-21(10-12-6-8-20-9-7-12)15-5-3-4-14(19)16(15)17(13)22/h3-9,11H,2,10,19H2,1H3. The minimum Gasteiger partial charge on any atom is -0.462 e. The van der Waals surface area contributed by atoms with Crippen LogP contribution in [0.15, 0.2) is 53.7 Å². The number of esters is 1. The van der Waals surface area contributed by atoms with Gasteiger partial charge in [0.2, 0.25) is 5.43 Å². The Labute approximate surface area is 138 Å². The van der Waals surface area contributed by atoms with Gasteiger partial charge in [0.25, 0.3) is 0 Å². The number of hydrogen-bond acceptors (Lipinski definition) is 5. The number of pyridine rings is 2. The normalized spacial score (nSPS) is 10.7. The Hall–Kier alpha value is -3.15. The Morgan fingerprint density at radius 2 is 2.00 bits per heavy atom. The van der Waals surface area contributed by atoms with Crippen molar-refractivity contribution in [2.24, 2.45) is 0 Å². The van der Waals surface area contributed by atoms with Crippen LogP contribution in [0, 0.1) is 0 Å². The molecule has 0 radical (unpaired) electrons. The average Bonchev–Trinajstić information content (AvgIpc) is 2.58. The van der Waals surface area contributed by atoms with Crippen molar-refractivity contribution in [2.75, 3.05) is 12.3 Å². The SMILES string of the molecule is CCOC(=O)c1cn(Cc2ccncc2)c2cccc(N)c2c1=O. The van der Waals surface area contributed by atoms with Crippen LogP contribution in [0.3, 0.4) is 0 Å². The highest BCUT2D eigenvalue weighted by molar-refractivity contribution is 5.97. The van der Waals surface area contributed by atoms with E-state index in [-0.39, 0.29) is 12.2 Å². The largest absolute Gasteiger partial charge is 0.462 e. The molecule has 0 unspecified atom stereocenters. The molecule has 0 spiro atoms. The molecule has 0 aliphatic carbocycles. The molecule has 2 aromatic heterocycles. The van der Waals surface area contributed by atoms with Crippen molar-refractivity contribution < 1.29 is 9.53 Å². The van der Waals surface area contributed by atoms with Crippen molar-refractivity contribution in [3.63, 3.8) is 0 Å². The van der Waals surface area contributed by atoms with Crippen molar-refractivity contribution in [1.29, 1.82) is 0 Å². The van der Waals surface area contributed by atoms with Gasteiger partial charge in [-0.05, 0) is 36.8 Å². The van der Waals surface area contributed by atoms with Crippen molar-refractivity contribution in [3.8, 4) is 0 Å². The van der Waals surface area contributed by atoms with Gasteiger partial charge in [-0.3, -0.25) is 9.78 Å². The molecule has 24 heavy (non-hydrogen) atoms. The molecule has 2 N–H and O–H groups in total. The molecule has 0 bridgehead atoms. The molecular weight excluding hydrogens is 306 g/mol. The summed E-state index contributed by atoms with van der Waals surface area (Å²) in [5, 5.41) is 0.331. The number of fused-ring (bicyclic) bond motifs is 1. The molecule has 0 amide bonds. The zero-order valence-electron chi connectivity index (χ0n) is 13.2. The predicted octanol–water partition coefficient (Wildman–Crippen LogP) is 2.20. The predicted molar refractivity (Wildman–Crippen MR) is 91.9 cm³/mol. The van der Waals surface area contributed by atoms with Gasteiger partial charge in [-0.2, -0.15) is 0 Å². The van der Waals surface area contributed by atoms with Crippen molar-refractivity contribution >= 4 is 22.6 Å². The summed E-state index contributed by atoms with van der Waals surface area (Å²) >= 11 is 0. The van der Waals surface area contributed by atoms with E-state index in [4.69, 9.17) is 10.5 Å². The van der Waals surface area contributed by atoms with E-state index in [9.17, 15) is 9.59 Å². The number of nitrogen functional groups attached to an aromatic ring is 1. The molecule has 0 aliphatic rings. The highest BCUT2D eigenvalue weighted by atomic mass is 16.5. The summed E-state index contributed by atoms with van der Waals surface area (Å²) in [7, 11) is 0. The Balaban J connectivity index is 2.24. The molecule has 0 aliphatic heterocycles. The Morgan fingerprint density at radius 1 is 1.25 bits per heavy atom. The Kier molecular flexibility index (Phi) is 4.29. The van der Waals surface area contributed by atoms with Crippen LogP contribution in [-0.2, 0) is 11.3 Å². The number of carbonyl (C=O) groups is 1. The van der Waals surface area contributed by atoms with E-state index < -0.39 is 11.4 Å². The van der Waals surface area contributed by atoms with Crippen molar-refractivity contribution in [3.05, 3.63) is 70.3 Å². The Bertz CT molecular complexity index is 949. The lowest BCUT2D eigenvalue weighted by atomic mass is 10.1. The summed E-state index contributed by atoms with van der Waals surface area (Å²) in [6.45, 7) is 2.38. The molecule has 6 heteroatoms. The van der Waals surface area contributed by atoms with Gasteiger partial charge in [-0.1, -0.05) is 6.07 Å². The van der Waals surface area contributed by atoms with Gasteiger partial charge in [-0.25, -0.2) is 4.79 Å². The summed E-state index contributed by atoms with van der Waals surface area (Å²) in [4.78, 5) is 28.8. The lowest BCUT2D eigenvalue weighted by molar-refractivity contribution is 0.0524. The molecule has 3 aromatic rings. The average molecular weight is 323 g/mol. The van der Waals surface area contributed by atoms with E-state index in [1.165, 1.54) is 6.20 Å². The summed E-state index contributed by atoms with van der Waals surface area (Å²) in [6.07, 6.45) is 4.92. The molecule has 1 aromatic carbocycles. The number of rotatable bonds is 4. The second kappa shape index (κ2) is 6.54. The molecule has 0 atom stereocenters. The van der Waals surface area contributed by atoms with Crippen LogP contribution in [0.25, 0.3) is 10.9 Å². The van der Waals surface area contributed by atoms with Gasteiger partial charge in [0.1, 0.15) is 5.56 Å². The molecule has 0 saturated carbocycles. The first-order chi connectivity index (χ1) is 11.6. The lowest BCUT2D eigenvalue weighted by Gasteiger charge is -2.14. The maximum Gasteiger partial charge on any atom is 0.343 e. The summed E-state index contributed by atoms with van der Waals surface area (Å²) in [5.74, 6) is -0.642. The molecule has 122 valence electrons. The number of hydrogen-bond donors (Lipinski definition) is 1. The number of nitrogens with two attached hydrogens (primary N) is 1. The van der Waals surface area contributed by atoms with Gasteiger partial charge in [0.05, 0.1) is 17.5 Å². The van der Waals surface area contributed by atoms with Gasteiger partial charge in [0.15, 0.2) is 0 Å². The zero-order valence-corrected chi connectivity index (χ0v) is 13.2. The van der Waals surface area contributed by atoms with Crippen molar-refractivity contribution in [2.45, 2.75) is 13.5 Å². The van der Waals surface area contributed by atoms with Gasteiger partial charge < -0.3 is 15.0 Å². The number of aromatic nitrogens is 2. The summed E-state index contributed by atoms with van der Waals surface area (Å²) < 4.78 is 6.83. The molecule has 0 fully saturated rings. The third-order valence-corrected chi connectivity index (χ3v) is 3.74. The van der Waals surface area contributed by atoms with Crippen LogP contribution in [0.2, 0.25) is 0 Å². The van der Waals surface area contributed by atoms with E-state index in [0.29, 0.717) is 23.1 Å². The third-order valence-electron chi connectivity index (χ3n) is 3.74. The van der Waals surface area contributed by atoms with E-state index in [1.807, 2.05) is 22.8 Å². The van der Waals surface area contributed by atoms with E-state index in [2.05, 4.69) is 4.98 Å². The van der Waals surface area contributed by atoms with E-state index in [1.54, 1.807) is 31.5 Å². The van der Waals surface area contributed by atoms with E-state index in [0.717, 1.165) is 5.56 Å². The minimum atomic E-state index is -0.642. The molecule has 3 rings (SSSR count). The third kappa shape index (κ3) is 2.86. The maximum atomic E-state index is 12.7. The summed E-state index contributed by atoms with van der Waals surface area (Å²) in [5.41, 5.74) is 7.56. The van der Waals surface area contributed by atoms with Gasteiger partial charge in [0, 0.05) is 30.8 Å². The number of benzene rings is 1. The van der Waals surface area contributed by atoms with Crippen LogP contribution in [0.1, 0.15) is 22.8 Å². The fourth-order valence-electron chi connectivity index (χ4n) is 2.63. The minimum absolute atomic E-state index is 0.0173. The first kappa shape index (κ1) is 15.7. The fourth-order valence-corrected chi connectivity index (χ4v) is 2.63. The van der Waals surface area contributed by atoms with Crippen LogP contribution in [0.5, 0.6) is 0 Å². The second-order valence-electron chi connectivity index (χ2n) is 5.32. The molecule has 0 saturated heterocycles. The van der Waals surface area contributed by atoms with Gasteiger partial charge in [-0.15, -0.1) is 0 Å². The zero-order chi connectivity index (χ0) is 17.1. The second-order valence-corrected chi connectivity index (χ2v) is 5.32. The van der Waals surface area contributed by atoms with Crippen LogP contribution in [0.4, 0.5) is 5.69 Å².